The van der Waals surface area contributed by atoms with Crippen LogP contribution in [0.5, 0.6) is 0 Å². The quantitative estimate of drug-likeness (QED) is 0.0331. The molecule has 0 aliphatic carbocycles. The average Bonchev–Trinajstić information content (AvgIpc) is 3.51. The van der Waals surface area contributed by atoms with Crippen LogP contribution in [0.2, 0.25) is 0 Å². The van der Waals surface area contributed by atoms with Crippen molar-refractivity contribution in [2.45, 2.75) is 0 Å². The highest BCUT2D eigenvalue weighted by molar-refractivity contribution is 5.97. The van der Waals surface area contributed by atoms with E-state index in [4.69, 9.17) is 57.6 Å². The molecule has 0 atom stereocenters. The second-order valence-corrected chi connectivity index (χ2v) is 16.4. The van der Waals surface area contributed by atoms with E-state index in [0.717, 1.165) is 0 Å². The van der Waals surface area contributed by atoms with E-state index in [1.54, 1.807) is 0 Å². The Hall–Kier alpha value is -11.0. The third-order valence-corrected chi connectivity index (χ3v) is 10.9. The van der Waals surface area contributed by atoms with Crippen molar-refractivity contribution < 1.29 is 115 Å². The van der Waals surface area contributed by atoms with Crippen molar-refractivity contribution in [2.24, 2.45) is 0 Å². The van der Waals surface area contributed by atoms with E-state index in [9.17, 15) is 57.5 Å². The first-order chi connectivity index (χ1) is 39.5. The van der Waals surface area contributed by atoms with Gasteiger partial charge in [0.25, 0.3) is 0 Å². The van der Waals surface area contributed by atoms with Crippen molar-refractivity contribution in [3.8, 4) is 0 Å². The molecular weight excluding hydrogens is 1080 g/mol. The van der Waals surface area contributed by atoms with Crippen molar-refractivity contribution in [1.82, 2.24) is 0 Å². The van der Waals surface area contributed by atoms with Crippen LogP contribution >= 0.6 is 0 Å². The minimum atomic E-state index is -1.15. The number of hydrogen-bond donors (Lipinski definition) is 2. The molecule has 24 heteroatoms. The van der Waals surface area contributed by atoms with Gasteiger partial charge in [0.2, 0.25) is 0 Å². The Morgan fingerprint density at radius 3 is 0.354 bits per heavy atom. The zero-order chi connectivity index (χ0) is 59.0. The molecule has 6 aromatic rings. The van der Waals surface area contributed by atoms with Gasteiger partial charge >= 0.3 is 71.6 Å². The Balaban J connectivity index is 0.786. The fourth-order valence-electron chi connectivity index (χ4n) is 6.64. The molecule has 0 saturated carbocycles. The molecule has 24 nitrogen and oxygen atoms in total. The molecule has 0 unspecified atom stereocenters. The van der Waals surface area contributed by atoms with E-state index >= 15 is 0 Å². The van der Waals surface area contributed by atoms with Crippen LogP contribution in [-0.4, -0.2) is 148 Å². The fraction of sp³-hybridized carbons (Fsp3) is 0.172. The second kappa shape index (κ2) is 30.2. The Labute approximate surface area is 463 Å². The maximum Gasteiger partial charge on any atom is 0.338 e. The van der Waals surface area contributed by atoms with Gasteiger partial charge in [0, 0.05) is 0 Å². The average molecular weight is 1130 g/mol. The summed E-state index contributed by atoms with van der Waals surface area (Å²) in [5.41, 5.74) is 0.843. The van der Waals surface area contributed by atoms with Gasteiger partial charge in [-0.15, -0.1) is 0 Å². The van der Waals surface area contributed by atoms with Gasteiger partial charge in [0.1, 0.15) is 66.1 Å². The van der Waals surface area contributed by atoms with Crippen LogP contribution in [0.4, 0.5) is 0 Å². The molecule has 82 heavy (non-hydrogen) atoms. The molecule has 0 aliphatic rings. The van der Waals surface area contributed by atoms with Crippen molar-refractivity contribution in [3.63, 3.8) is 0 Å². The third kappa shape index (κ3) is 18.3. The first-order valence-electron chi connectivity index (χ1n) is 24.3. The minimum Gasteiger partial charge on any atom is -0.478 e. The lowest BCUT2D eigenvalue weighted by atomic mass is 10.1. The summed E-state index contributed by atoms with van der Waals surface area (Å²) in [4.78, 5) is 146. The molecular formula is C58H46O24. The first-order valence-corrected chi connectivity index (χ1v) is 24.3. The van der Waals surface area contributed by atoms with Gasteiger partial charge in [-0.2, -0.15) is 0 Å². The van der Waals surface area contributed by atoms with E-state index in [1.165, 1.54) is 146 Å². The summed E-state index contributed by atoms with van der Waals surface area (Å²) in [6.07, 6.45) is 0. The predicted octanol–water partition coefficient (Wildman–Crippen LogP) is 6.15. The third-order valence-electron chi connectivity index (χ3n) is 10.9. The van der Waals surface area contributed by atoms with Gasteiger partial charge < -0.3 is 57.6 Å². The second-order valence-electron chi connectivity index (χ2n) is 16.4. The number of esters is 10. The van der Waals surface area contributed by atoms with E-state index in [0.29, 0.717) is 0 Å². The number of carboxylic acid groups (broad SMARTS) is 2. The van der Waals surface area contributed by atoms with Crippen molar-refractivity contribution in [1.29, 1.82) is 0 Å². The summed E-state index contributed by atoms with van der Waals surface area (Å²) < 4.78 is 51.0. The molecule has 0 heterocycles. The van der Waals surface area contributed by atoms with Crippen LogP contribution in [0.25, 0.3) is 0 Å². The first kappa shape index (κ1) is 60.2. The highest BCUT2D eigenvalue weighted by Gasteiger charge is 2.18. The number of ether oxygens (including phenoxy) is 10. The zero-order valence-electron chi connectivity index (χ0n) is 42.8. The maximum atomic E-state index is 12.6. The number of benzene rings is 6. The Morgan fingerprint density at radius 2 is 0.268 bits per heavy atom. The van der Waals surface area contributed by atoms with Crippen LogP contribution in [0.3, 0.4) is 0 Å². The number of hydrogen-bond acceptors (Lipinski definition) is 22. The van der Waals surface area contributed by atoms with Gasteiger partial charge in [-0.25, -0.2) is 57.5 Å². The Bertz CT molecular complexity index is 3070. The van der Waals surface area contributed by atoms with Crippen LogP contribution in [0.1, 0.15) is 124 Å². The molecule has 0 aliphatic heterocycles. The monoisotopic (exact) mass is 1130 g/mol. The van der Waals surface area contributed by atoms with Crippen LogP contribution < -0.4 is 0 Å². The van der Waals surface area contributed by atoms with Gasteiger partial charge in [0.15, 0.2) is 0 Å². The van der Waals surface area contributed by atoms with Crippen molar-refractivity contribution in [3.05, 3.63) is 212 Å². The normalized spacial score (nSPS) is 10.4. The molecule has 0 radical (unpaired) electrons. The van der Waals surface area contributed by atoms with Gasteiger partial charge in [-0.1, -0.05) is 0 Å². The van der Waals surface area contributed by atoms with Crippen molar-refractivity contribution in [2.75, 3.05) is 66.1 Å². The SMILES string of the molecule is O=C(O)c1ccc(C(=O)OCCOC(=O)c2ccc(C(=O)OCCOC(=O)c3ccc(C(=O)OCCOC(=O)c4ccc(C(=O)OCCOC(=O)c5ccc(C(=O)OCCOC(=O)c6ccc(C(=O)O)cc6)cc5)cc4)cc3)cc2)cc1. The summed E-state index contributed by atoms with van der Waals surface area (Å²) in [7, 11) is 0. The van der Waals surface area contributed by atoms with Crippen LogP contribution in [-0.2, 0) is 47.4 Å². The largest absolute Gasteiger partial charge is 0.478 e. The number of aromatic carboxylic acids is 2. The molecule has 0 fully saturated rings. The van der Waals surface area contributed by atoms with E-state index < -0.39 is 71.6 Å². The molecule has 0 saturated heterocycles. The molecule has 0 aromatic heterocycles. The molecule has 422 valence electrons. The number of carbonyl (C=O) groups is 12. The zero-order valence-corrected chi connectivity index (χ0v) is 42.8. The lowest BCUT2D eigenvalue weighted by Gasteiger charge is -2.09. The van der Waals surface area contributed by atoms with Crippen molar-refractivity contribution >= 4 is 71.6 Å². The maximum absolute atomic E-state index is 12.6. The summed E-state index contributed by atoms with van der Waals surface area (Å²) in [6, 6.07) is 31.1. The summed E-state index contributed by atoms with van der Waals surface area (Å²) in [6.45, 7) is -2.98. The molecule has 0 amide bonds. The molecule has 6 rings (SSSR count). The number of rotatable bonds is 27. The topological polar surface area (TPSA) is 338 Å². The molecule has 2 N–H and O–H groups in total. The number of carbonyl (C=O) groups excluding carboxylic acids is 10. The standard InChI is InChI=1S/C58H46O24/c59-47(60)35-1-5-37(6-2-35)49(63)73-25-27-75-51(65)39-9-13-41(14-10-39)53(67)77-29-31-79-55(69)43-17-21-45(22-18-43)57(71)81-33-34-82-58(72)46-23-19-44(20-24-46)56(70)80-32-30-78-54(68)42-15-11-40(12-16-42)52(66)76-28-26-74-50(64)38-7-3-36(4-8-38)48(61)62/h1-24H,25-34H2,(H,59,60)(H,61,62). The highest BCUT2D eigenvalue weighted by atomic mass is 16.6. The smallest absolute Gasteiger partial charge is 0.338 e. The number of carboxylic acids is 2. The Kier molecular flexibility index (Phi) is 22.2. The van der Waals surface area contributed by atoms with E-state index in [-0.39, 0.29) is 133 Å². The lowest BCUT2D eigenvalue weighted by Crippen LogP contribution is -2.16. The summed E-state index contributed by atoms with van der Waals surface area (Å²) in [5.74, 6) is -9.97. The summed E-state index contributed by atoms with van der Waals surface area (Å²) in [5, 5.41) is 17.9. The Morgan fingerprint density at radius 1 is 0.183 bits per heavy atom. The molecule has 0 spiro atoms. The van der Waals surface area contributed by atoms with Crippen LogP contribution in [0, 0.1) is 0 Å². The summed E-state index contributed by atoms with van der Waals surface area (Å²) >= 11 is 0. The molecule has 6 aromatic carbocycles. The fourth-order valence-corrected chi connectivity index (χ4v) is 6.64. The van der Waals surface area contributed by atoms with E-state index in [2.05, 4.69) is 0 Å². The molecule has 0 bridgehead atoms. The minimum absolute atomic E-state index is 0.00240. The van der Waals surface area contributed by atoms with Gasteiger partial charge in [0.05, 0.1) is 66.8 Å². The highest BCUT2D eigenvalue weighted by Crippen LogP contribution is 2.14. The predicted molar refractivity (Wildman–Crippen MR) is 275 cm³/mol. The van der Waals surface area contributed by atoms with Gasteiger partial charge in [-0.05, 0) is 146 Å². The lowest BCUT2D eigenvalue weighted by molar-refractivity contribution is 0.0261. The van der Waals surface area contributed by atoms with E-state index in [1.807, 2.05) is 0 Å². The van der Waals surface area contributed by atoms with Crippen LogP contribution in [0.15, 0.2) is 146 Å². The van der Waals surface area contributed by atoms with Gasteiger partial charge in [-0.3, -0.25) is 0 Å².